The fourth-order valence-electron chi connectivity index (χ4n) is 4.70. The average Bonchev–Trinajstić information content (AvgIpc) is 3.07. The normalized spacial score (nSPS) is 22.3. The fourth-order valence-corrected chi connectivity index (χ4v) is 4.70. The second kappa shape index (κ2) is 5.91. The van der Waals surface area contributed by atoms with Crippen molar-refractivity contribution in [1.82, 2.24) is 0 Å². The van der Waals surface area contributed by atoms with Gasteiger partial charge in [-0.15, -0.1) is 0 Å². The van der Waals surface area contributed by atoms with E-state index in [0.29, 0.717) is 5.56 Å². The maximum atomic E-state index is 14.6. The molecule has 1 heterocycles. The van der Waals surface area contributed by atoms with Gasteiger partial charge in [-0.05, 0) is 41.2 Å². The molecule has 4 nitrogen and oxygen atoms in total. The zero-order chi connectivity index (χ0) is 18.5. The average molecular weight is 360 g/mol. The minimum absolute atomic E-state index is 0.0157. The number of nitro benzene ring substituents is 1. The van der Waals surface area contributed by atoms with Crippen LogP contribution in [0, 0.1) is 21.8 Å². The van der Waals surface area contributed by atoms with Crippen molar-refractivity contribution in [1.29, 1.82) is 0 Å². The molecule has 5 rings (SSSR count). The lowest BCUT2D eigenvalue weighted by molar-refractivity contribution is -0.384. The summed E-state index contributed by atoms with van der Waals surface area (Å²) in [6.45, 7) is 0. The fraction of sp³-hybridized carbons (Fsp3) is 0.182. The number of non-ortho nitro benzene ring substituents is 1. The molecule has 0 unspecified atom stereocenters. The molecule has 1 N–H and O–H groups in total. The largest absolute Gasteiger partial charge is 0.378 e. The maximum Gasteiger partial charge on any atom is 0.269 e. The molecule has 0 radical (unpaired) electrons. The minimum Gasteiger partial charge on any atom is -0.378 e. The van der Waals surface area contributed by atoms with Crippen molar-refractivity contribution in [2.24, 2.45) is 5.92 Å². The molecule has 0 saturated carbocycles. The Morgan fingerprint density at radius 1 is 0.963 bits per heavy atom. The first-order chi connectivity index (χ1) is 13.1. The van der Waals surface area contributed by atoms with E-state index < -0.39 is 0 Å². The predicted octanol–water partition coefficient (Wildman–Crippen LogP) is 5.20. The second-order valence-electron chi connectivity index (χ2n) is 7.22. The van der Waals surface area contributed by atoms with Gasteiger partial charge in [0.1, 0.15) is 5.82 Å². The number of nitrogens with one attached hydrogen (secondary N) is 1. The molecule has 27 heavy (non-hydrogen) atoms. The Balaban J connectivity index is 1.71. The number of halogens is 1. The number of benzene rings is 3. The standard InChI is InChI=1S/C22H17FN2O2/c23-19-8-4-3-7-16(19)22-18-11-13-5-1-2-6-15(13)21(18)17-12-14(25(26)27)9-10-20(17)24-22/h1-10,12,18,21-22,24H,11H2/t18-,21+,22+/m0/s1. The van der Waals surface area contributed by atoms with Gasteiger partial charge in [-0.3, -0.25) is 10.1 Å². The van der Waals surface area contributed by atoms with Crippen molar-refractivity contribution in [3.63, 3.8) is 0 Å². The molecule has 1 aliphatic carbocycles. The molecule has 5 heteroatoms. The van der Waals surface area contributed by atoms with E-state index in [0.717, 1.165) is 17.7 Å². The summed E-state index contributed by atoms with van der Waals surface area (Å²) >= 11 is 0. The second-order valence-corrected chi connectivity index (χ2v) is 7.22. The quantitative estimate of drug-likeness (QED) is 0.504. The van der Waals surface area contributed by atoms with Crippen molar-refractivity contribution in [2.75, 3.05) is 5.32 Å². The zero-order valence-electron chi connectivity index (χ0n) is 14.4. The molecule has 0 saturated heterocycles. The van der Waals surface area contributed by atoms with Gasteiger partial charge in [0, 0.05) is 29.3 Å². The minimum atomic E-state index is -0.362. The van der Waals surface area contributed by atoms with Crippen LogP contribution in [0.2, 0.25) is 0 Å². The third-order valence-electron chi connectivity index (χ3n) is 5.83. The number of hydrogen-bond donors (Lipinski definition) is 1. The molecule has 0 bridgehead atoms. The summed E-state index contributed by atoms with van der Waals surface area (Å²) in [5.41, 5.74) is 4.91. The van der Waals surface area contributed by atoms with Crippen LogP contribution in [0.25, 0.3) is 0 Å². The SMILES string of the molecule is O=[N+]([O-])c1ccc2c(c1)[C@H]1c3ccccc3C[C@@H]1[C@@H](c1ccccc1F)N2. The number of rotatable bonds is 2. The predicted molar refractivity (Wildman–Crippen MR) is 101 cm³/mol. The molecule has 134 valence electrons. The van der Waals surface area contributed by atoms with Crippen LogP contribution in [-0.2, 0) is 6.42 Å². The highest BCUT2D eigenvalue weighted by Gasteiger charge is 2.44. The van der Waals surface area contributed by atoms with Gasteiger partial charge in [-0.2, -0.15) is 0 Å². The van der Waals surface area contributed by atoms with E-state index in [1.165, 1.54) is 23.3 Å². The molecule has 0 fully saturated rings. The van der Waals surface area contributed by atoms with E-state index >= 15 is 0 Å². The number of nitro groups is 1. The lowest BCUT2D eigenvalue weighted by atomic mass is 9.75. The molecule has 1 aliphatic heterocycles. The Kier molecular flexibility index (Phi) is 3.50. The molecule has 3 aromatic carbocycles. The van der Waals surface area contributed by atoms with E-state index in [-0.39, 0.29) is 34.3 Å². The Bertz CT molecular complexity index is 1070. The third kappa shape index (κ3) is 2.42. The van der Waals surface area contributed by atoms with Gasteiger partial charge < -0.3 is 5.32 Å². The number of hydrogen-bond acceptors (Lipinski definition) is 3. The summed E-state index contributed by atoms with van der Waals surface area (Å²) in [6, 6.07) is 19.8. The van der Waals surface area contributed by atoms with Crippen LogP contribution in [0.1, 0.15) is 34.2 Å². The highest BCUT2D eigenvalue weighted by molar-refractivity contribution is 5.65. The van der Waals surface area contributed by atoms with Crippen molar-refractivity contribution in [3.05, 3.63) is 105 Å². The summed E-state index contributed by atoms with van der Waals surface area (Å²) in [4.78, 5) is 10.9. The molecule has 0 spiro atoms. The van der Waals surface area contributed by atoms with Gasteiger partial charge in [-0.25, -0.2) is 4.39 Å². The van der Waals surface area contributed by atoms with Crippen LogP contribution in [0.15, 0.2) is 66.7 Å². The number of fused-ring (bicyclic) bond motifs is 5. The highest BCUT2D eigenvalue weighted by Crippen LogP contribution is 2.54. The lowest BCUT2D eigenvalue weighted by Gasteiger charge is -2.38. The summed E-state index contributed by atoms with van der Waals surface area (Å²) in [6.07, 6.45) is 0.814. The Morgan fingerprint density at radius 3 is 2.48 bits per heavy atom. The summed E-state index contributed by atoms with van der Waals surface area (Å²) < 4.78 is 14.6. The lowest BCUT2D eigenvalue weighted by Crippen LogP contribution is -2.31. The number of nitrogens with zero attached hydrogens (tertiary/aromatic N) is 1. The maximum absolute atomic E-state index is 14.6. The van der Waals surface area contributed by atoms with Crippen LogP contribution in [0.3, 0.4) is 0 Å². The van der Waals surface area contributed by atoms with Crippen LogP contribution in [0.5, 0.6) is 0 Å². The molecule has 0 amide bonds. The van der Waals surface area contributed by atoms with Gasteiger partial charge in [0.2, 0.25) is 0 Å². The van der Waals surface area contributed by atoms with Gasteiger partial charge in [0.15, 0.2) is 0 Å². The topological polar surface area (TPSA) is 55.2 Å². The van der Waals surface area contributed by atoms with Gasteiger partial charge in [-0.1, -0.05) is 42.5 Å². The van der Waals surface area contributed by atoms with Crippen LogP contribution in [-0.4, -0.2) is 4.92 Å². The molecular weight excluding hydrogens is 343 g/mol. The van der Waals surface area contributed by atoms with E-state index in [1.807, 2.05) is 24.3 Å². The van der Waals surface area contributed by atoms with Gasteiger partial charge in [0.05, 0.1) is 11.0 Å². The van der Waals surface area contributed by atoms with Crippen molar-refractivity contribution >= 4 is 11.4 Å². The Morgan fingerprint density at radius 2 is 1.70 bits per heavy atom. The zero-order valence-corrected chi connectivity index (χ0v) is 14.4. The third-order valence-corrected chi connectivity index (χ3v) is 5.83. The summed E-state index contributed by atoms with van der Waals surface area (Å²) in [5.74, 6) is -0.106. The van der Waals surface area contributed by atoms with Gasteiger partial charge in [0.25, 0.3) is 5.69 Å². The van der Waals surface area contributed by atoms with E-state index in [1.54, 1.807) is 18.2 Å². The monoisotopic (exact) mass is 360 g/mol. The molecule has 2 aliphatic rings. The first-order valence-electron chi connectivity index (χ1n) is 9.00. The molecule has 3 atom stereocenters. The smallest absolute Gasteiger partial charge is 0.269 e. The molecule has 0 aromatic heterocycles. The van der Waals surface area contributed by atoms with Crippen LogP contribution >= 0.6 is 0 Å². The van der Waals surface area contributed by atoms with Crippen molar-refractivity contribution in [3.8, 4) is 0 Å². The Hall–Kier alpha value is -3.21. The van der Waals surface area contributed by atoms with Crippen molar-refractivity contribution in [2.45, 2.75) is 18.4 Å². The summed E-state index contributed by atoms with van der Waals surface area (Å²) in [7, 11) is 0. The first-order valence-corrected chi connectivity index (χ1v) is 9.00. The summed E-state index contributed by atoms with van der Waals surface area (Å²) in [5, 5.41) is 14.8. The van der Waals surface area contributed by atoms with Crippen molar-refractivity contribution < 1.29 is 9.31 Å². The van der Waals surface area contributed by atoms with Gasteiger partial charge >= 0.3 is 0 Å². The van der Waals surface area contributed by atoms with Crippen LogP contribution < -0.4 is 5.32 Å². The van der Waals surface area contributed by atoms with E-state index in [9.17, 15) is 14.5 Å². The number of anilines is 1. The molecular formula is C22H17FN2O2. The Labute approximate surface area is 155 Å². The first kappa shape index (κ1) is 16.0. The van der Waals surface area contributed by atoms with E-state index in [4.69, 9.17) is 0 Å². The van der Waals surface area contributed by atoms with Crippen LogP contribution in [0.4, 0.5) is 15.8 Å². The highest BCUT2D eigenvalue weighted by atomic mass is 19.1. The van der Waals surface area contributed by atoms with E-state index in [2.05, 4.69) is 17.4 Å². The molecule has 3 aromatic rings.